The second kappa shape index (κ2) is 1.64. The molecule has 0 aromatic rings. The Morgan fingerprint density at radius 1 is 1.25 bits per heavy atom. The Bertz CT molecular complexity index is 105. The van der Waals surface area contributed by atoms with Crippen molar-refractivity contribution in [3.05, 3.63) is 0 Å². The van der Waals surface area contributed by atoms with Gasteiger partial charge in [-0.1, -0.05) is 0 Å². The van der Waals surface area contributed by atoms with Gasteiger partial charge in [-0.2, -0.15) is 0 Å². The van der Waals surface area contributed by atoms with E-state index < -0.39 is 18.2 Å². The van der Waals surface area contributed by atoms with Crippen molar-refractivity contribution in [2.45, 2.75) is 31.2 Å². The van der Waals surface area contributed by atoms with Crippen LogP contribution in [-0.4, -0.2) is 18.2 Å². The molecule has 0 radical (unpaired) electrons. The van der Waals surface area contributed by atoms with Gasteiger partial charge in [-0.15, -0.1) is 0 Å². The predicted octanol–water partition coefficient (Wildman–Crippen LogP) is 2.49. The molecule has 0 aromatic carbocycles. The van der Waals surface area contributed by atoms with Crippen molar-refractivity contribution in [3.8, 4) is 0 Å². The predicted molar refractivity (Wildman–Crippen MR) is 38.8 cm³/mol. The summed E-state index contributed by atoms with van der Waals surface area (Å²) in [5.41, 5.74) is 0. The topological polar surface area (TPSA) is 0 Å². The van der Waals surface area contributed by atoms with Crippen molar-refractivity contribution in [1.29, 1.82) is 0 Å². The summed E-state index contributed by atoms with van der Waals surface area (Å²) in [7, 11) is 0. The Kier molecular flexibility index (Phi) is 1.14. The molecule has 8 heavy (non-hydrogen) atoms. The van der Waals surface area contributed by atoms with Crippen LogP contribution < -0.4 is 0 Å². The molecule has 2 saturated heterocycles. The molecule has 0 aromatic heterocycles. The zero-order chi connectivity index (χ0) is 5.61. The second-order valence-corrected chi connectivity index (χ2v) is 14.8. The van der Waals surface area contributed by atoms with Crippen LogP contribution in [0.3, 0.4) is 0 Å². The number of hydrogen-bond donors (Lipinski definition) is 0. The molecule has 2 aliphatic heterocycles. The molecule has 1 unspecified atom stereocenters. The molecule has 0 saturated carbocycles. The summed E-state index contributed by atoms with van der Waals surface area (Å²) in [4.78, 5) is 0. The minimum atomic E-state index is -0.820. The molecule has 0 aliphatic carbocycles. The first kappa shape index (κ1) is 5.57. The fourth-order valence-corrected chi connectivity index (χ4v) is 16.0. The molecule has 0 amide bonds. The van der Waals surface area contributed by atoms with E-state index in [-0.39, 0.29) is 0 Å². The van der Waals surface area contributed by atoms with Gasteiger partial charge in [0.2, 0.25) is 0 Å². The summed E-state index contributed by atoms with van der Waals surface area (Å²) >= 11 is -0.820. The molecule has 2 heterocycles. The summed E-state index contributed by atoms with van der Waals surface area (Å²) in [6.45, 7) is 2.44. The van der Waals surface area contributed by atoms with E-state index in [0.29, 0.717) is 0 Å². The van der Waals surface area contributed by atoms with Crippen molar-refractivity contribution < 1.29 is 0 Å². The fourth-order valence-electron chi connectivity index (χ4n) is 1.71. The third-order valence-corrected chi connectivity index (χ3v) is 13.7. The van der Waals surface area contributed by atoms with Gasteiger partial charge in [-0.25, -0.2) is 0 Å². The summed E-state index contributed by atoms with van der Waals surface area (Å²) in [6, 6.07) is 0. The third kappa shape index (κ3) is 0.807. The maximum atomic E-state index is 2.44. The Morgan fingerprint density at radius 3 is 2.25 bits per heavy atom. The van der Waals surface area contributed by atoms with E-state index in [1.807, 2.05) is 0 Å². The summed E-state index contributed by atoms with van der Waals surface area (Å²) in [5.74, 6) is 1.14. The van der Waals surface area contributed by atoms with Crippen LogP contribution in [0.5, 0.6) is 0 Å². The van der Waals surface area contributed by atoms with Gasteiger partial charge in [0.1, 0.15) is 0 Å². The van der Waals surface area contributed by atoms with Crippen molar-refractivity contribution in [2.75, 3.05) is 0 Å². The standard InChI is InChI=1S/C7H14Te/c1-7-2-3-8(6-7)4-5-8/h7H,2-6H2,1H3. The van der Waals surface area contributed by atoms with Gasteiger partial charge in [0.05, 0.1) is 0 Å². The number of rotatable bonds is 0. The van der Waals surface area contributed by atoms with Crippen LogP contribution in [0.4, 0.5) is 0 Å². The average Bonchev–Trinajstić information content (AvgIpc) is 2.34. The minimum absolute atomic E-state index is 0.820. The van der Waals surface area contributed by atoms with Crippen LogP contribution in [0.1, 0.15) is 13.3 Å². The Labute approximate surface area is 55.5 Å². The number of hydrogen-bond acceptors (Lipinski definition) is 0. The zero-order valence-corrected chi connectivity index (χ0v) is 7.85. The van der Waals surface area contributed by atoms with Gasteiger partial charge >= 0.3 is 55.3 Å². The Morgan fingerprint density at radius 2 is 2.00 bits per heavy atom. The van der Waals surface area contributed by atoms with E-state index in [1.54, 1.807) is 24.3 Å². The van der Waals surface area contributed by atoms with Crippen LogP contribution in [0.15, 0.2) is 0 Å². The van der Waals surface area contributed by atoms with E-state index in [4.69, 9.17) is 0 Å². The molecule has 0 N–H and O–H groups in total. The van der Waals surface area contributed by atoms with E-state index in [9.17, 15) is 0 Å². The van der Waals surface area contributed by atoms with Gasteiger partial charge in [0, 0.05) is 0 Å². The Hall–Kier alpha value is 0.790. The molecule has 2 aliphatic rings. The molecule has 0 nitrogen and oxygen atoms in total. The van der Waals surface area contributed by atoms with Crippen LogP contribution in [0.25, 0.3) is 0 Å². The van der Waals surface area contributed by atoms with E-state index >= 15 is 0 Å². The normalized spacial score (nSPS) is 44.9. The molecular weight excluding hydrogens is 212 g/mol. The van der Waals surface area contributed by atoms with E-state index in [2.05, 4.69) is 6.92 Å². The van der Waals surface area contributed by atoms with Crippen LogP contribution >= 0.6 is 0 Å². The first-order valence-electron chi connectivity index (χ1n) is 3.55. The van der Waals surface area contributed by atoms with Crippen LogP contribution in [0.2, 0.25) is 17.9 Å². The molecule has 1 heteroatoms. The average molecular weight is 226 g/mol. The van der Waals surface area contributed by atoms with Crippen LogP contribution in [-0.2, 0) is 0 Å². The zero-order valence-electron chi connectivity index (χ0n) is 5.52. The van der Waals surface area contributed by atoms with Crippen molar-refractivity contribution in [3.63, 3.8) is 0 Å². The van der Waals surface area contributed by atoms with Gasteiger partial charge in [-0.05, 0) is 0 Å². The first-order valence-corrected chi connectivity index (χ1v) is 10.1. The van der Waals surface area contributed by atoms with Crippen molar-refractivity contribution >= 4 is 18.2 Å². The van der Waals surface area contributed by atoms with Gasteiger partial charge in [0.25, 0.3) is 0 Å². The molecule has 2 rings (SSSR count). The monoisotopic (exact) mass is 228 g/mol. The molecule has 1 spiro atoms. The van der Waals surface area contributed by atoms with Crippen LogP contribution in [0, 0.1) is 5.92 Å². The SMILES string of the molecule is CC1CC[Te]2(CC2)C1. The summed E-state index contributed by atoms with van der Waals surface area (Å²) in [6.07, 6.45) is 1.60. The van der Waals surface area contributed by atoms with Crippen molar-refractivity contribution in [1.82, 2.24) is 0 Å². The van der Waals surface area contributed by atoms with Gasteiger partial charge in [0.15, 0.2) is 0 Å². The summed E-state index contributed by atoms with van der Waals surface area (Å²) in [5, 5.41) is 0. The molecular formula is C7H14Te. The van der Waals surface area contributed by atoms with Crippen molar-refractivity contribution in [2.24, 2.45) is 5.92 Å². The quantitative estimate of drug-likeness (QED) is 0.556. The second-order valence-electron chi connectivity index (χ2n) is 3.40. The first-order chi connectivity index (χ1) is 3.81. The Balaban J connectivity index is 2.03. The van der Waals surface area contributed by atoms with E-state index in [1.165, 1.54) is 0 Å². The fraction of sp³-hybridized carbons (Fsp3) is 1.00. The summed E-state index contributed by atoms with van der Waals surface area (Å²) < 4.78 is 6.96. The third-order valence-electron chi connectivity index (χ3n) is 2.46. The molecule has 1 atom stereocenters. The van der Waals surface area contributed by atoms with Gasteiger partial charge in [-0.3, -0.25) is 0 Å². The molecule has 2 fully saturated rings. The molecule has 0 bridgehead atoms. The van der Waals surface area contributed by atoms with Gasteiger partial charge < -0.3 is 0 Å². The molecule has 48 valence electrons. The maximum absolute atomic E-state index is 2.44. The van der Waals surface area contributed by atoms with E-state index in [0.717, 1.165) is 5.92 Å².